The van der Waals surface area contributed by atoms with E-state index in [1.165, 1.54) is 12.1 Å². The molecule has 0 aliphatic rings. The number of ether oxygens (including phenoxy) is 1. The van der Waals surface area contributed by atoms with Crippen molar-refractivity contribution in [3.05, 3.63) is 65.7 Å². The summed E-state index contributed by atoms with van der Waals surface area (Å²) in [5.74, 6) is -0.534. The van der Waals surface area contributed by atoms with Crippen molar-refractivity contribution in [1.29, 1.82) is 0 Å². The summed E-state index contributed by atoms with van der Waals surface area (Å²) in [6.45, 7) is 1.84. The first-order valence-corrected chi connectivity index (χ1v) is 9.64. The third-order valence-corrected chi connectivity index (χ3v) is 5.71. The summed E-state index contributed by atoms with van der Waals surface area (Å²) in [6.07, 6.45) is -0.760. The molecule has 0 saturated heterocycles. The molecule has 0 heterocycles. The zero-order valence-corrected chi connectivity index (χ0v) is 15.1. The van der Waals surface area contributed by atoms with E-state index < -0.39 is 32.4 Å². The highest BCUT2D eigenvalue weighted by atomic mass is 32.2. The van der Waals surface area contributed by atoms with Gasteiger partial charge in [-0.1, -0.05) is 35.9 Å². The summed E-state index contributed by atoms with van der Waals surface area (Å²) in [5, 5.41) is -3.87. The number of rotatable bonds is 8. The number of unbranched alkanes of at least 4 members (excludes halogenated alkanes) is 1. The second-order valence-electron chi connectivity index (χ2n) is 5.91. The van der Waals surface area contributed by atoms with Crippen molar-refractivity contribution in [2.24, 2.45) is 0 Å². The van der Waals surface area contributed by atoms with Crippen LogP contribution in [0.3, 0.4) is 0 Å². The number of carbonyl (C=O) groups excluding carboxylic acids is 1. The molecule has 0 atom stereocenters. The van der Waals surface area contributed by atoms with Crippen molar-refractivity contribution < 1.29 is 26.7 Å². The lowest BCUT2D eigenvalue weighted by Gasteiger charge is -2.17. The van der Waals surface area contributed by atoms with E-state index in [4.69, 9.17) is 4.74 Å². The van der Waals surface area contributed by atoms with E-state index in [2.05, 4.69) is 0 Å². The molecule has 0 N–H and O–H groups in total. The van der Waals surface area contributed by atoms with Gasteiger partial charge in [0.1, 0.15) is 0 Å². The van der Waals surface area contributed by atoms with Crippen LogP contribution < -0.4 is 0 Å². The molecule has 0 aliphatic carbocycles. The topological polar surface area (TPSA) is 60.4 Å². The van der Waals surface area contributed by atoms with Gasteiger partial charge in [-0.15, -0.1) is 0 Å². The average Bonchev–Trinajstić information content (AvgIpc) is 2.62. The average molecular weight is 382 g/mol. The summed E-state index contributed by atoms with van der Waals surface area (Å²) in [6, 6.07) is 13.4. The Hall–Kier alpha value is -2.28. The lowest BCUT2D eigenvalue weighted by molar-refractivity contribution is 0.0475. The normalized spacial score (nSPS) is 12.0. The fourth-order valence-electron chi connectivity index (χ4n) is 2.28. The number of carbonyl (C=O) groups is 1. The van der Waals surface area contributed by atoms with Gasteiger partial charge in [-0.2, -0.15) is 8.78 Å². The van der Waals surface area contributed by atoms with E-state index in [0.29, 0.717) is 5.56 Å². The number of esters is 1. The molecule has 2 aromatic carbocycles. The maximum absolute atomic E-state index is 14.1. The van der Waals surface area contributed by atoms with Crippen LogP contribution in [0.4, 0.5) is 8.78 Å². The Balaban J connectivity index is 1.81. The van der Waals surface area contributed by atoms with Gasteiger partial charge in [-0.3, -0.25) is 0 Å². The first-order valence-electron chi connectivity index (χ1n) is 8.15. The summed E-state index contributed by atoms with van der Waals surface area (Å²) < 4.78 is 57.2. The van der Waals surface area contributed by atoms with Crippen molar-refractivity contribution in [2.75, 3.05) is 6.61 Å². The number of hydrogen-bond acceptors (Lipinski definition) is 4. The van der Waals surface area contributed by atoms with Crippen molar-refractivity contribution in [3.8, 4) is 0 Å². The molecule has 2 aromatic rings. The first kappa shape index (κ1) is 20.0. The van der Waals surface area contributed by atoms with E-state index in [-0.39, 0.29) is 19.4 Å². The first-order chi connectivity index (χ1) is 12.2. The fourth-order valence-corrected chi connectivity index (χ4v) is 3.55. The third-order valence-electron chi connectivity index (χ3n) is 3.83. The molecule has 0 amide bonds. The SMILES string of the molecule is Cc1ccc(C(=O)OCCCCC(F)(F)S(=O)(=O)c2ccccc2)cc1. The summed E-state index contributed by atoms with van der Waals surface area (Å²) in [4.78, 5) is 11.4. The van der Waals surface area contributed by atoms with Crippen LogP contribution in [-0.2, 0) is 14.6 Å². The Morgan fingerprint density at radius 2 is 1.62 bits per heavy atom. The minimum atomic E-state index is -4.73. The molecular formula is C19H20F2O4S. The predicted molar refractivity (Wildman–Crippen MR) is 93.9 cm³/mol. The van der Waals surface area contributed by atoms with E-state index in [1.54, 1.807) is 30.3 Å². The largest absolute Gasteiger partial charge is 0.462 e. The van der Waals surface area contributed by atoms with Crippen molar-refractivity contribution in [2.45, 2.75) is 36.3 Å². The Morgan fingerprint density at radius 3 is 2.23 bits per heavy atom. The molecular weight excluding hydrogens is 362 g/mol. The Labute approximate surface area is 151 Å². The van der Waals surface area contributed by atoms with Gasteiger partial charge in [0.15, 0.2) is 0 Å². The predicted octanol–water partition coefficient (Wildman–Crippen LogP) is 4.39. The van der Waals surface area contributed by atoms with Crippen molar-refractivity contribution >= 4 is 15.8 Å². The van der Waals surface area contributed by atoms with Crippen LogP contribution in [-0.4, -0.2) is 26.2 Å². The highest BCUT2D eigenvalue weighted by Gasteiger charge is 2.45. The minimum absolute atomic E-state index is 0.0474. The second-order valence-corrected chi connectivity index (χ2v) is 7.99. The monoisotopic (exact) mass is 382 g/mol. The van der Waals surface area contributed by atoms with Crippen LogP contribution in [0.2, 0.25) is 0 Å². The molecule has 0 radical (unpaired) electrons. The van der Waals surface area contributed by atoms with Crippen molar-refractivity contribution in [3.63, 3.8) is 0 Å². The van der Waals surface area contributed by atoms with Crippen LogP contribution in [0.15, 0.2) is 59.5 Å². The van der Waals surface area contributed by atoms with Crippen LogP contribution in [0.25, 0.3) is 0 Å². The van der Waals surface area contributed by atoms with Gasteiger partial charge in [0.25, 0.3) is 0 Å². The van der Waals surface area contributed by atoms with Crippen LogP contribution in [0.1, 0.15) is 35.2 Å². The molecule has 0 unspecified atom stereocenters. The standard InChI is InChI=1S/C19H20F2O4S/c1-15-9-11-16(12-10-15)18(22)25-14-6-5-13-19(20,21)26(23,24)17-7-3-2-4-8-17/h2-4,7-12H,5-6,13-14H2,1H3. The third kappa shape index (κ3) is 4.88. The Morgan fingerprint density at radius 1 is 1.00 bits per heavy atom. The second kappa shape index (κ2) is 8.40. The van der Waals surface area contributed by atoms with E-state index >= 15 is 0 Å². The molecule has 0 spiro atoms. The number of hydrogen-bond donors (Lipinski definition) is 0. The van der Waals surface area contributed by atoms with Gasteiger partial charge in [-0.05, 0) is 44.0 Å². The van der Waals surface area contributed by atoms with Gasteiger partial charge < -0.3 is 4.74 Å². The molecule has 7 heteroatoms. The van der Waals surface area contributed by atoms with Gasteiger partial charge in [0, 0.05) is 6.42 Å². The zero-order valence-electron chi connectivity index (χ0n) is 14.3. The summed E-state index contributed by atoms with van der Waals surface area (Å²) >= 11 is 0. The molecule has 2 rings (SSSR count). The number of benzene rings is 2. The Kier molecular flexibility index (Phi) is 6.47. The molecule has 0 aliphatic heterocycles. The number of halogens is 2. The lowest BCUT2D eigenvalue weighted by Crippen LogP contribution is -2.29. The molecule has 0 bridgehead atoms. The van der Waals surface area contributed by atoms with Crippen LogP contribution in [0.5, 0.6) is 0 Å². The van der Waals surface area contributed by atoms with Gasteiger partial charge >= 0.3 is 11.2 Å². The maximum Gasteiger partial charge on any atom is 0.350 e. The Bertz CT molecular complexity index is 832. The molecule has 0 saturated carbocycles. The lowest BCUT2D eigenvalue weighted by atomic mass is 10.1. The van der Waals surface area contributed by atoms with E-state index in [9.17, 15) is 22.0 Å². The van der Waals surface area contributed by atoms with Gasteiger partial charge in [-0.25, -0.2) is 13.2 Å². The van der Waals surface area contributed by atoms with Crippen LogP contribution >= 0.6 is 0 Å². The zero-order chi connectivity index (χ0) is 19.2. The molecule has 140 valence electrons. The number of aryl methyl sites for hydroxylation is 1. The molecule has 0 aromatic heterocycles. The van der Waals surface area contributed by atoms with E-state index in [0.717, 1.165) is 17.7 Å². The fraction of sp³-hybridized carbons (Fsp3) is 0.316. The maximum atomic E-state index is 14.1. The van der Waals surface area contributed by atoms with Gasteiger partial charge in [0.05, 0.1) is 17.1 Å². The smallest absolute Gasteiger partial charge is 0.350 e. The molecule has 0 fully saturated rings. The quantitative estimate of drug-likeness (QED) is 0.502. The minimum Gasteiger partial charge on any atom is -0.462 e. The number of alkyl halides is 2. The molecule has 26 heavy (non-hydrogen) atoms. The molecule has 4 nitrogen and oxygen atoms in total. The van der Waals surface area contributed by atoms with Crippen molar-refractivity contribution in [1.82, 2.24) is 0 Å². The highest BCUT2D eigenvalue weighted by molar-refractivity contribution is 7.92. The number of sulfone groups is 1. The summed E-state index contributed by atoms with van der Waals surface area (Å²) in [5.41, 5.74) is 1.39. The highest BCUT2D eigenvalue weighted by Crippen LogP contribution is 2.33. The van der Waals surface area contributed by atoms with Gasteiger partial charge in [0.2, 0.25) is 9.84 Å². The summed E-state index contributed by atoms with van der Waals surface area (Å²) in [7, 11) is -4.73. The van der Waals surface area contributed by atoms with Crippen LogP contribution in [0, 0.1) is 6.92 Å². The van der Waals surface area contributed by atoms with E-state index in [1.807, 2.05) is 6.92 Å².